The number of ether oxygens (including phenoxy) is 1. The van der Waals surface area contributed by atoms with Gasteiger partial charge in [0.05, 0.1) is 19.0 Å². The first-order valence-electron chi connectivity index (χ1n) is 9.79. The summed E-state index contributed by atoms with van der Waals surface area (Å²) in [6, 6.07) is 8.16. The monoisotopic (exact) mass is 417 g/mol. The molecule has 0 amide bonds. The number of hydrogen-bond acceptors (Lipinski definition) is 7. The normalized spacial score (nSPS) is 21.7. The number of aliphatic hydroxyl groups excluding tert-OH is 2. The number of imidazole rings is 1. The third kappa shape index (κ3) is 4.20. The van der Waals surface area contributed by atoms with Crippen LogP contribution in [0.2, 0.25) is 5.15 Å². The second-order valence-electron chi connectivity index (χ2n) is 7.20. The molecule has 0 bridgehead atoms. The number of nitrogens with one attached hydrogen (secondary N) is 1. The van der Waals surface area contributed by atoms with Gasteiger partial charge in [-0.2, -0.15) is 9.97 Å². The number of unbranched alkanes of at least 4 members (excludes halogenated alkanes) is 1. The van der Waals surface area contributed by atoms with Crippen molar-refractivity contribution in [3.63, 3.8) is 0 Å². The van der Waals surface area contributed by atoms with Gasteiger partial charge in [-0.1, -0.05) is 37.1 Å². The van der Waals surface area contributed by atoms with Crippen molar-refractivity contribution in [2.24, 2.45) is 0 Å². The lowest BCUT2D eigenvalue weighted by Gasteiger charge is -2.14. The van der Waals surface area contributed by atoms with Crippen LogP contribution in [-0.2, 0) is 11.2 Å². The number of aryl methyl sites for hydroxylation is 1. The van der Waals surface area contributed by atoms with E-state index in [1.807, 2.05) is 12.1 Å². The lowest BCUT2D eigenvalue weighted by molar-refractivity contribution is -0.0432. The Morgan fingerprint density at radius 3 is 2.76 bits per heavy atom. The first-order chi connectivity index (χ1) is 14.1. The predicted octanol–water partition coefficient (Wildman–Crippen LogP) is 3.21. The molecular formula is C20H24ClN5O3. The van der Waals surface area contributed by atoms with Crippen LogP contribution in [0.5, 0.6) is 0 Å². The van der Waals surface area contributed by atoms with Crippen LogP contribution in [0.25, 0.3) is 11.2 Å². The molecule has 1 aliphatic rings. The maximum absolute atomic E-state index is 10.0. The summed E-state index contributed by atoms with van der Waals surface area (Å²) >= 11 is 6.32. The van der Waals surface area contributed by atoms with Crippen molar-refractivity contribution in [1.29, 1.82) is 0 Å². The van der Waals surface area contributed by atoms with Gasteiger partial charge < -0.3 is 20.3 Å². The first-order valence-corrected chi connectivity index (χ1v) is 10.2. The number of aromatic nitrogens is 4. The van der Waals surface area contributed by atoms with Gasteiger partial charge >= 0.3 is 0 Å². The summed E-state index contributed by atoms with van der Waals surface area (Å²) < 4.78 is 7.43. The number of hydrogen-bond donors (Lipinski definition) is 3. The van der Waals surface area contributed by atoms with Gasteiger partial charge in [-0.05, 0) is 30.5 Å². The number of rotatable bonds is 7. The summed E-state index contributed by atoms with van der Waals surface area (Å²) in [6.07, 6.45) is 3.44. The van der Waals surface area contributed by atoms with E-state index in [0.717, 1.165) is 12.1 Å². The molecule has 9 heteroatoms. The van der Waals surface area contributed by atoms with Gasteiger partial charge in [-0.3, -0.25) is 4.57 Å². The second kappa shape index (κ2) is 8.62. The molecule has 29 heavy (non-hydrogen) atoms. The van der Waals surface area contributed by atoms with Gasteiger partial charge in [0, 0.05) is 12.1 Å². The van der Waals surface area contributed by atoms with Gasteiger partial charge in [0.2, 0.25) is 5.95 Å². The number of halogens is 1. The number of nitrogens with zero attached hydrogens (tertiary/aromatic N) is 4. The lowest BCUT2D eigenvalue weighted by Crippen LogP contribution is -2.24. The quantitative estimate of drug-likeness (QED) is 0.507. The molecule has 4 rings (SSSR count). The minimum Gasteiger partial charge on any atom is -0.394 e. The summed E-state index contributed by atoms with van der Waals surface area (Å²) in [7, 11) is 0. The molecule has 3 N–H and O–H groups in total. The van der Waals surface area contributed by atoms with E-state index in [9.17, 15) is 10.2 Å². The Balaban J connectivity index is 1.58. The van der Waals surface area contributed by atoms with Crippen LogP contribution >= 0.6 is 11.6 Å². The van der Waals surface area contributed by atoms with Crippen molar-refractivity contribution in [2.45, 2.75) is 51.0 Å². The number of benzene rings is 1. The van der Waals surface area contributed by atoms with Gasteiger partial charge in [0.25, 0.3) is 0 Å². The van der Waals surface area contributed by atoms with Crippen molar-refractivity contribution in [3.05, 3.63) is 41.3 Å². The van der Waals surface area contributed by atoms with Crippen molar-refractivity contribution < 1.29 is 14.9 Å². The molecule has 1 aromatic carbocycles. The molecule has 0 unspecified atom stereocenters. The number of anilines is 2. The average molecular weight is 418 g/mol. The van der Waals surface area contributed by atoms with Crippen molar-refractivity contribution >= 4 is 34.4 Å². The summed E-state index contributed by atoms with van der Waals surface area (Å²) in [5.41, 5.74) is 3.11. The fraction of sp³-hybridized carbons (Fsp3) is 0.450. The third-order valence-electron chi connectivity index (χ3n) is 5.10. The van der Waals surface area contributed by atoms with E-state index in [0.29, 0.717) is 23.5 Å². The van der Waals surface area contributed by atoms with E-state index in [1.165, 1.54) is 18.4 Å². The van der Waals surface area contributed by atoms with Crippen LogP contribution < -0.4 is 5.32 Å². The molecule has 1 aliphatic heterocycles. The van der Waals surface area contributed by atoms with E-state index in [4.69, 9.17) is 16.3 Å². The highest BCUT2D eigenvalue weighted by Gasteiger charge is 2.35. The molecule has 3 aromatic rings. The van der Waals surface area contributed by atoms with Crippen molar-refractivity contribution in [3.8, 4) is 0 Å². The van der Waals surface area contributed by atoms with Crippen LogP contribution in [0, 0.1) is 0 Å². The summed E-state index contributed by atoms with van der Waals surface area (Å²) in [4.78, 5) is 13.1. The summed E-state index contributed by atoms with van der Waals surface area (Å²) in [5, 5.41) is 22.7. The molecule has 1 fully saturated rings. The van der Waals surface area contributed by atoms with Crippen LogP contribution in [0.3, 0.4) is 0 Å². The standard InChI is InChI=1S/C20H24ClN5O3/c1-2-3-4-12-5-7-13(8-6-12)23-20-24-18(21)17-19(25-20)26(11-22-17)16-9-14(28)15(10-27)29-16/h5-8,11,14-16,27-28H,2-4,9-10H2,1H3,(H,23,24,25)/t14-,15+,16-/m0/s1. The summed E-state index contributed by atoms with van der Waals surface area (Å²) in [6.45, 7) is 1.93. The van der Waals surface area contributed by atoms with Crippen LogP contribution in [-0.4, -0.2) is 48.5 Å². The first kappa shape index (κ1) is 20.0. The van der Waals surface area contributed by atoms with Gasteiger partial charge in [-0.15, -0.1) is 0 Å². The fourth-order valence-corrected chi connectivity index (χ4v) is 3.68. The molecule has 0 radical (unpaired) electrons. The van der Waals surface area contributed by atoms with E-state index in [1.54, 1.807) is 10.9 Å². The van der Waals surface area contributed by atoms with Crippen LogP contribution in [0.15, 0.2) is 30.6 Å². The van der Waals surface area contributed by atoms with Crippen molar-refractivity contribution in [2.75, 3.05) is 11.9 Å². The minimum absolute atomic E-state index is 0.230. The summed E-state index contributed by atoms with van der Waals surface area (Å²) in [5.74, 6) is 0.350. The van der Waals surface area contributed by atoms with Gasteiger partial charge in [0.1, 0.15) is 17.8 Å². The van der Waals surface area contributed by atoms with Crippen LogP contribution in [0.1, 0.15) is 38.0 Å². The molecule has 154 valence electrons. The predicted molar refractivity (Wildman–Crippen MR) is 110 cm³/mol. The second-order valence-corrected chi connectivity index (χ2v) is 7.56. The topological polar surface area (TPSA) is 105 Å². The molecule has 8 nitrogen and oxygen atoms in total. The number of fused-ring (bicyclic) bond motifs is 1. The Hall–Kier alpha value is -2.26. The molecule has 0 saturated carbocycles. The van der Waals surface area contributed by atoms with E-state index >= 15 is 0 Å². The molecular weight excluding hydrogens is 394 g/mol. The average Bonchev–Trinajstić information content (AvgIpc) is 3.30. The van der Waals surface area contributed by atoms with E-state index in [2.05, 4.69) is 39.3 Å². The largest absolute Gasteiger partial charge is 0.394 e. The Kier molecular flexibility index (Phi) is 5.96. The van der Waals surface area contributed by atoms with Gasteiger partial charge in [0.15, 0.2) is 10.8 Å². The Morgan fingerprint density at radius 1 is 1.28 bits per heavy atom. The molecule has 3 heterocycles. The van der Waals surface area contributed by atoms with Gasteiger partial charge in [-0.25, -0.2) is 4.98 Å². The van der Waals surface area contributed by atoms with E-state index < -0.39 is 18.4 Å². The fourth-order valence-electron chi connectivity index (χ4n) is 3.46. The molecule has 0 spiro atoms. The molecule has 1 saturated heterocycles. The smallest absolute Gasteiger partial charge is 0.230 e. The zero-order valence-corrected chi connectivity index (χ0v) is 16.9. The highest BCUT2D eigenvalue weighted by Crippen LogP contribution is 2.32. The maximum atomic E-state index is 10.0. The Morgan fingerprint density at radius 2 is 2.07 bits per heavy atom. The number of aliphatic hydroxyl groups is 2. The SMILES string of the molecule is CCCCc1ccc(Nc2nc(Cl)c3ncn([C@@H]4C[C@H](O)[C@@H](CO)O4)c3n2)cc1. The minimum atomic E-state index is -0.747. The lowest BCUT2D eigenvalue weighted by atomic mass is 10.1. The van der Waals surface area contributed by atoms with Crippen LogP contribution in [0.4, 0.5) is 11.6 Å². The third-order valence-corrected chi connectivity index (χ3v) is 5.37. The Labute approximate surface area is 173 Å². The Bertz CT molecular complexity index is 978. The zero-order chi connectivity index (χ0) is 20.4. The van der Waals surface area contributed by atoms with E-state index in [-0.39, 0.29) is 11.8 Å². The molecule has 2 aromatic heterocycles. The zero-order valence-electron chi connectivity index (χ0n) is 16.1. The highest BCUT2D eigenvalue weighted by molar-refractivity contribution is 6.33. The molecule has 0 aliphatic carbocycles. The molecule has 3 atom stereocenters. The highest BCUT2D eigenvalue weighted by atomic mass is 35.5. The van der Waals surface area contributed by atoms with Crippen molar-refractivity contribution in [1.82, 2.24) is 19.5 Å². The maximum Gasteiger partial charge on any atom is 0.230 e.